The van der Waals surface area contributed by atoms with Crippen LogP contribution in [0.4, 0.5) is 5.82 Å². The van der Waals surface area contributed by atoms with Crippen molar-refractivity contribution in [2.45, 2.75) is 26.7 Å². The molecular weight excluding hydrogens is 216 g/mol. The Morgan fingerprint density at radius 1 is 1.47 bits per heavy atom. The molecule has 1 aliphatic rings. The summed E-state index contributed by atoms with van der Waals surface area (Å²) in [5.41, 5.74) is 1.65. The minimum Gasteiger partial charge on any atom is -0.479 e. The van der Waals surface area contributed by atoms with Gasteiger partial charge >= 0.3 is 0 Å². The molecule has 0 unspecified atom stereocenters. The number of carbonyl (C=O) groups excluding carboxylic acids is 1. The van der Waals surface area contributed by atoms with Gasteiger partial charge in [-0.25, -0.2) is 4.98 Å². The van der Waals surface area contributed by atoms with Crippen LogP contribution >= 0.6 is 0 Å². The number of allylic oxidation sites excluding steroid dienone is 1. The maximum atomic E-state index is 11.5. The van der Waals surface area contributed by atoms with E-state index in [4.69, 9.17) is 4.74 Å². The largest absolute Gasteiger partial charge is 0.479 e. The summed E-state index contributed by atoms with van der Waals surface area (Å²) >= 11 is 0. The molecule has 0 aliphatic carbocycles. The van der Waals surface area contributed by atoms with Crippen molar-refractivity contribution in [3.8, 4) is 0 Å². The van der Waals surface area contributed by atoms with Gasteiger partial charge in [0.05, 0.1) is 12.2 Å². The fourth-order valence-corrected chi connectivity index (χ4v) is 1.80. The average Bonchev–Trinajstić information content (AvgIpc) is 2.29. The van der Waals surface area contributed by atoms with Gasteiger partial charge in [0.2, 0.25) is 0 Å². The second-order valence-electron chi connectivity index (χ2n) is 4.11. The number of rotatable bonds is 3. The lowest BCUT2D eigenvalue weighted by atomic mass is 10.1. The Kier molecular flexibility index (Phi) is 3.42. The molecular formula is C13H16N2O2. The SMILES string of the molecule is CC(=O)C1=C(Nc2cccc(C)n2)OCCC1. The van der Waals surface area contributed by atoms with E-state index >= 15 is 0 Å². The lowest BCUT2D eigenvalue weighted by molar-refractivity contribution is -0.114. The maximum absolute atomic E-state index is 11.5. The predicted octanol–water partition coefficient (Wildman–Crippen LogP) is 2.41. The Morgan fingerprint density at radius 3 is 3.00 bits per heavy atom. The molecule has 0 atom stereocenters. The molecule has 0 bridgehead atoms. The van der Waals surface area contributed by atoms with E-state index in [9.17, 15) is 4.79 Å². The maximum Gasteiger partial charge on any atom is 0.199 e. The van der Waals surface area contributed by atoms with Crippen LogP contribution in [0, 0.1) is 6.92 Å². The van der Waals surface area contributed by atoms with Crippen molar-refractivity contribution in [3.63, 3.8) is 0 Å². The van der Waals surface area contributed by atoms with E-state index in [1.165, 1.54) is 0 Å². The highest BCUT2D eigenvalue weighted by Gasteiger charge is 2.18. The first-order valence-electron chi connectivity index (χ1n) is 5.74. The molecule has 4 heteroatoms. The number of hydrogen-bond donors (Lipinski definition) is 1. The molecule has 1 aromatic heterocycles. The van der Waals surface area contributed by atoms with Gasteiger partial charge in [-0.15, -0.1) is 0 Å². The first-order chi connectivity index (χ1) is 8.16. The van der Waals surface area contributed by atoms with Gasteiger partial charge in [0.25, 0.3) is 0 Å². The summed E-state index contributed by atoms with van der Waals surface area (Å²) in [6.07, 6.45) is 1.66. The summed E-state index contributed by atoms with van der Waals surface area (Å²) in [7, 11) is 0. The standard InChI is InChI=1S/C13H16N2O2/c1-9-5-3-7-12(14-9)15-13-11(10(2)16)6-4-8-17-13/h3,5,7H,4,6,8H2,1-2H3,(H,14,15). The third-order valence-electron chi connectivity index (χ3n) is 2.65. The molecule has 1 N–H and O–H groups in total. The summed E-state index contributed by atoms with van der Waals surface area (Å²) < 4.78 is 5.50. The molecule has 1 aromatic rings. The van der Waals surface area contributed by atoms with E-state index in [1.54, 1.807) is 6.92 Å². The van der Waals surface area contributed by atoms with Crippen molar-refractivity contribution in [2.75, 3.05) is 11.9 Å². The number of aryl methyl sites for hydroxylation is 1. The van der Waals surface area contributed by atoms with Gasteiger partial charge in [0, 0.05) is 5.69 Å². The zero-order valence-electron chi connectivity index (χ0n) is 10.1. The molecule has 0 saturated carbocycles. The second kappa shape index (κ2) is 4.99. The zero-order chi connectivity index (χ0) is 12.3. The minimum atomic E-state index is 0.0554. The van der Waals surface area contributed by atoms with Crippen molar-refractivity contribution in [3.05, 3.63) is 35.3 Å². The highest BCUT2D eigenvalue weighted by Crippen LogP contribution is 2.21. The molecule has 17 heavy (non-hydrogen) atoms. The molecule has 0 fully saturated rings. The zero-order valence-corrected chi connectivity index (χ0v) is 10.1. The molecule has 4 nitrogen and oxygen atoms in total. The van der Waals surface area contributed by atoms with Gasteiger partial charge in [-0.05, 0) is 38.8 Å². The molecule has 0 spiro atoms. The monoisotopic (exact) mass is 232 g/mol. The van der Waals surface area contributed by atoms with Gasteiger partial charge in [-0.1, -0.05) is 6.07 Å². The van der Waals surface area contributed by atoms with Crippen LogP contribution in [0.1, 0.15) is 25.5 Å². The van der Waals surface area contributed by atoms with Crippen molar-refractivity contribution in [1.82, 2.24) is 4.98 Å². The van der Waals surface area contributed by atoms with E-state index in [0.29, 0.717) is 18.3 Å². The third kappa shape index (κ3) is 2.84. The Morgan fingerprint density at radius 2 is 2.29 bits per heavy atom. The summed E-state index contributed by atoms with van der Waals surface area (Å²) in [6.45, 7) is 4.13. The Hall–Kier alpha value is -1.84. The summed E-state index contributed by atoms with van der Waals surface area (Å²) in [5, 5.41) is 3.08. The first-order valence-corrected chi connectivity index (χ1v) is 5.74. The number of Topliss-reactive ketones (excluding diaryl/α,β-unsaturated/α-hetero) is 1. The summed E-state index contributed by atoms with van der Waals surface area (Å²) in [6, 6.07) is 5.70. The quantitative estimate of drug-likeness (QED) is 0.869. The van der Waals surface area contributed by atoms with E-state index in [-0.39, 0.29) is 5.78 Å². The molecule has 0 radical (unpaired) electrons. The molecule has 90 valence electrons. The van der Waals surface area contributed by atoms with Gasteiger partial charge in [-0.2, -0.15) is 0 Å². The number of anilines is 1. The Balaban J connectivity index is 2.24. The number of ketones is 1. The number of hydrogen-bond acceptors (Lipinski definition) is 4. The number of carbonyl (C=O) groups is 1. The predicted molar refractivity (Wildman–Crippen MR) is 65.5 cm³/mol. The van der Waals surface area contributed by atoms with E-state index in [1.807, 2.05) is 25.1 Å². The van der Waals surface area contributed by atoms with Crippen LogP contribution in [0.3, 0.4) is 0 Å². The average molecular weight is 232 g/mol. The molecule has 0 aromatic carbocycles. The van der Waals surface area contributed by atoms with Crippen molar-refractivity contribution < 1.29 is 9.53 Å². The van der Waals surface area contributed by atoms with Gasteiger partial charge in [0.1, 0.15) is 5.82 Å². The topological polar surface area (TPSA) is 51.2 Å². The van der Waals surface area contributed by atoms with Crippen LogP contribution in [-0.4, -0.2) is 17.4 Å². The molecule has 2 rings (SSSR count). The smallest absolute Gasteiger partial charge is 0.199 e. The number of aromatic nitrogens is 1. The normalized spacial score (nSPS) is 15.4. The van der Waals surface area contributed by atoms with Crippen molar-refractivity contribution >= 4 is 11.6 Å². The molecule has 0 amide bonds. The van der Waals surface area contributed by atoms with E-state index in [0.717, 1.165) is 24.1 Å². The van der Waals surface area contributed by atoms with Crippen LogP contribution in [0.5, 0.6) is 0 Å². The third-order valence-corrected chi connectivity index (χ3v) is 2.65. The van der Waals surface area contributed by atoms with Crippen molar-refractivity contribution in [1.29, 1.82) is 0 Å². The fourth-order valence-electron chi connectivity index (χ4n) is 1.80. The minimum absolute atomic E-state index is 0.0554. The van der Waals surface area contributed by atoms with Crippen LogP contribution in [0.25, 0.3) is 0 Å². The van der Waals surface area contributed by atoms with Crippen LogP contribution in [0.15, 0.2) is 29.7 Å². The highest BCUT2D eigenvalue weighted by atomic mass is 16.5. The van der Waals surface area contributed by atoms with Crippen LogP contribution in [-0.2, 0) is 9.53 Å². The Labute approximate surface area is 101 Å². The highest BCUT2D eigenvalue weighted by molar-refractivity contribution is 5.94. The fraction of sp³-hybridized carbons (Fsp3) is 0.385. The molecule has 2 heterocycles. The van der Waals surface area contributed by atoms with Gasteiger partial charge in [-0.3, -0.25) is 4.79 Å². The lowest BCUT2D eigenvalue weighted by Gasteiger charge is -2.20. The van der Waals surface area contributed by atoms with Gasteiger partial charge in [0.15, 0.2) is 11.7 Å². The Bertz CT molecular complexity index is 466. The lowest BCUT2D eigenvalue weighted by Crippen LogP contribution is -2.18. The van der Waals surface area contributed by atoms with E-state index < -0.39 is 0 Å². The van der Waals surface area contributed by atoms with Gasteiger partial charge < -0.3 is 10.1 Å². The summed E-state index contributed by atoms with van der Waals surface area (Å²) in [4.78, 5) is 15.8. The van der Waals surface area contributed by atoms with Crippen LogP contribution < -0.4 is 5.32 Å². The second-order valence-corrected chi connectivity index (χ2v) is 4.11. The molecule has 1 aliphatic heterocycles. The first kappa shape index (κ1) is 11.6. The van der Waals surface area contributed by atoms with E-state index in [2.05, 4.69) is 10.3 Å². The number of nitrogens with one attached hydrogen (secondary N) is 1. The summed E-state index contributed by atoms with van der Waals surface area (Å²) in [5.74, 6) is 1.32. The van der Waals surface area contributed by atoms with Crippen LogP contribution in [0.2, 0.25) is 0 Å². The number of nitrogens with zero attached hydrogens (tertiary/aromatic N) is 1. The number of ether oxygens (including phenoxy) is 1. The van der Waals surface area contributed by atoms with Crippen molar-refractivity contribution in [2.24, 2.45) is 0 Å². The molecule has 0 saturated heterocycles. The number of pyridine rings is 1.